The maximum Gasteiger partial charge on any atom is 0.244 e. The Morgan fingerprint density at radius 2 is 1.82 bits per heavy atom. The highest BCUT2D eigenvalue weighted by Gasteiger charge is 2.13. The summed E-state index contributed by atoms with van der Waals surface area (Å²) >= 11 is 0. The lowest BCUT2D eigenvalue weighted by atomic mass is 10.1. The molecule has 1 aliphatic carbocycles. The number of benzene rings is 1. The summed E-state index contributed by atoms with van der Waals surface area (Å²) < 4.78 is 0. The third-order valence-electron chi connectivity index (χ3n) is 4.23. The van der Waals surface area contributed by atoms with Gasteiger partial charge in [0, 0.05) is 17.5 Å². The van der Waals surface area contributed by atoms with Crippen molar-refractivity contribution in [1.29, 1.82) is 0 Å². The number of hydrogen-bond acceptors (Lipinski definition) is 2. The van der Waals surface area contributed by atoms with Gasteiger partial charge in [0.15, 0.2) is 0 Å². The van der Waals surface area contributed by atoms with Gasteiger partial charge in [-0.3, -0.25) is 4.79 Å². The predicted molar refractivity (Wildman–Crippen MR) is 90.4 cm³/mol. The van der Waals surface area contributed by atoms with Crippen molar-refractivity contribution >= 4 is 22.9 Å². The van der Waals surface area contributed by atoms with E-state index in [4.69, 9.17) is 0 Å². The quantitative estimate of drug-likeness (QED) is 0.684. The molecular formula is C19H22N2O. The number of nitrogens with zero attached hydrogens (tertiary/aromatic N) is 1. The van der Waals surface area contributed by atoms with Crippen molar-refractivity contribution in [2.24, 2.45) is 0 Å². The second-order valence-electron chi connectivity index (χ2n) is 5.96. The Morgan fingerprint density at radius 3 is 2.64 bits per heavy atom. The number of hydrogen-bond donors (Lipinski definition) is 1. The molecule has 22 heavy (non-hydrogen) atoms. The van der Waals surface area contributed by atoms with Gasteiger partial charge in [-0.2, -0.15) is 0 Å². The van der Waals surface area contributed by atoms with Crippen molar-refractivity contribution < 1.29 is 4.79 Å². The van der Waals surface area contributed by atoms with Crippen LogP contribution < -0.4 is 5.32 Å². The number of pyridine rings is 1. The van der Waals surface area contributed by atoms with Crippen LogP contribution in [0.2, 0.25) is 0 Å². The van der Waals surface area contributed by atoms with Crippen LogP contribution in [0.25, 0.3) is 17.0 Å². The highest BCUT2D eigenvalue weighted by Crippen LogP contribution is 2.17. The highest BCUT2D eigenvalue weighted by molar-refractivity contribution is 5.92. The highest BCUT2D eigenvalue weighted by atomic mass is 16.1. The summed E-state index contributed by atoms with van der Waals surface area (Å²) in [6.45, 7) is 0. The van der Waals surface area contributed by atoms with Crippen molar-refractivity contribution in [1.82, 2.24) is 10.3 Å². The molecule has 114 valence electrons. The van der Waals surface area contributed by atoms with Crippen LogP contribution >= 0.6 is 0 Å². The molecule has 0 radical (unpaired) electrons. The second-order valence-corrected chi connectivity index (χ2v) is 5.96. The van der Waals surface area contributed by atoms with E-state index in [1.807, 2.05) is 36.4 Å². The van der Waals surface area contributed by atoms with Crippen LogP contribution in [0.4, 0.5) is 0 Å². The fourth-order valence-corrected chi connectivity index (χ4v) is 3.01. The van der Waals surface area contributed by atoms with E-state index in [1.165, 1.54) is 25.7 Å². The Bertz CT molecular complexity index is 670. The molecular weight excluding hydrogens is 272 g/mol. The van der Waals surface area contributed by atoms with E-state index in [9.17, 15) is 4.79 Å². The van der Waals surface area contributed by atoms with Crippen LogP contribution in [0.3, 0.4) is 0 Å². The van der Waals surface area contributed by atoms with Crippen LogP contribution in [0, 0.1) is 0 Å². The smallest absolute Gasteiger partial charge is 0.244 e. The average molecular weight is 294 g/mol. The van der Waals surface area contributed by atoms with Crippen LogP contribution in [-0.4, -0.2) is 16.9 Å². The van der Waals surface area contributed by atoms with Gasteiger partial charge >= 0.3 is 0 Å². The summed E-state index contributed by atoms with van der Waals surface area (Å²) in [5.41, 5.74) is 1.77. The molecule has 3 rings (SSSR count). The minimum Gasteiger partial charge on any atom is -0.350 e. The van der Waals surface area contributed by atoms with E-state index in [2.05, 4.69) is 10.3 Å². The number of carbonyl (C=O) groups is 1. The first-order valence-corrected chi connectivity index (χ1v) is 8.16. The molecule has 0 saturated heterocycles. The first-order chi connectivity index (χ1) is 10.8. The Labute approximate surface area is 131 Å². The van der Waals surface area contributed by atoms with Crippen molar-refractivity contribution in [3.8, 4) is 0 Å². The van der Waals surface area contributed by atoms with Gasteiger partial charge in [0.1, 0.15) is 0 Å². The van der Waals surface area contributed by atoms with Gasteiger partial charge < -0.3 is 5.32 Å². The number of rotatable bonds is 3. The van der Waals surface area contributed by atoms with Gasteiger partial charge in [0.2, 0.25) is 5.91 Å². The molecule has 3 nitrogen and oxygen atoms in total. The summed E-state index contributed by atoms with van der Waals surface area (Å²) in [5.74, 6) is -0.0122. The van der Waals surface area contributed by atoms with Crippen LogP contribution in [0.15, 0.2) is 42.5 Å². The second kappa shape index (κ2) is 7.21. The molecule has 1 aromatic heterocycles. The lowest BCUT2D eigenvalue weighted by molar-refractivity contribution is -0.117. The molecule has 1 heterocycles. The summed E-state index contributed by atoms with van der Waals surface area (Å²) in [7, 11) is 0. The maximum atomic E-state index is 12.0. The SMILES string of the molecule is O=C(C=Cc1ccc2ccccc2n1)NC1CCCCCC1. The van der Waals surface area contributed by atoms with E-state index in [0.717, 1.165) is 29.4 Å². The Morgan fingerprint density at radius 1 is 1.05 bits per heavy atom. The number of fused-ring (bicyclic) bond motifs is 1. The predicted octanol–water partition coefficient (Wildman–Crippen LogP) is 4.09. The molecule has 1 fully saturated rings. The molecule has 0 aliphatic heterocycles. The van der Waals surface area contributed by atoms with E-state index < -0.39 is 0 Å². The van der Waals surface area contributed by atoms with Gasteiger partial charge in [-0.25, -0.2) is 4.98 Å². The van der Waals surface area contributed by atoms with E-state index in [0.29, 0.717) is 6.04 Å². The largest absolute Gasteiger partial charge is 0.350 e. The van der Waals surface area contributed by atoms with Gasteiger partial charge in [-0.05, 0) is 31.1 Å². The van der Waals surface area contributed by atoms with E-state index >= 15 is 0 Å². The van der Waals surface area contributed by atoms with Crippen molar-refractivity contribution in [3.63, 3.8) is 0 Å². The zero-order chi connectivity index (χ0) is 15.2. The maximum absolute atomic E-state index is 12.0. The number of para-hydroxylation sites is 1. The first-order valence-electron chi connectivity index (χ1n) is 8.16. The normalized spacial score (nSPS) is 16.7. The van der Waals surface area contributed by atoms with Crippen molar-refractivity contribution in [2.45, 2.75) is 44.6 Å². The number of nitrogens with one attached hydrogen (secondary N) is 1. The molecule has 0 spiro atoms. The number of aromatic nitrogens is 1. The van der Waals surface area contributed by atoms with Crippen LogP contribution in [-0.2, 0) is 4.79 Å². The summed E-state index contributed by atoms with van der Waals surface area (Å²) in [4.78, 5) is 16.6. The lowest BCUT2D eigenvalue weighted by Crippen LogP contribution is -2.33. The Hall–Kier alpha value is -2.16. The van der Waals surface area contributed by atoms with Gasteiger partial charge in [0.25, 0.3) is 0 Å². The zero-order valence-electron chi connectivity index (χ0n) is 12.8. The topological polar surface area (TPSA) is 42.0 Å². The number of carbonyl (C=O) groups excluding carboxylic acids is 1. The molecule has 0 atom stereocenters. The van der Waals surface area contributed by atoms with Crippen molar-refractivity contribution in [2.75, 3.05) is 0 Å². The molecule has 1 aromatic carbocycles. The van der Waals surface area contributed by atoms with E-state index in [-0.39, 0.29) is 5.91 Å². The van der Waals surface area contributed by atoms with Gasteiger partial charge in [0.05, 0.1) is 11.2 Å². The third kappa shape index (κ3) is 3.94. The van der Waals surface area contributed by atoms with Gasteiger partial charge in [-0.1, -0.05) is 49.9 Å². The lowest BCUT2D eigenvalue weighted by Gasteiger charge is -2.14. The Kier molecular flexibility index (Phi) is 4.84. The minimum atomic E-state index is -0.0122. The molecule has 3 heteroatoms. The first kappa shape index (κ1) is 14.8. The molecule has 1 saturated carbocycles. The fourth-order valence-electron chi connectivity index (χ4n) is 3.01. The van der Waals surface area contributed by atoms with E-state index in [1.54, 1.807) is 12.2 Å². The third-order valence-corrected chi connectivity index (χ3v) is 4.23. The summed E-state index contributed by atoms with van der Waals surface area (Å²) in [6.07, 6.45) is 10.6. The van der Waals surface area contributed by atoms with Crippen LogP contribution in [0.1, 0.15) is 44.2 Å². The summed E-state index contributed by atoms with van der Waals surface area (Å²) in [5, 5.41) is 4.23. The molecule has 2 aromatic rings. The molecule has 1 N–H and O–H groups in total. The van der Waals surface area contributed by atoms with Crippen LogP contribution in [0.5, 0.6) is 0 Å². The fraction of sp³-hybridized carbons (Fsp3) is 0.368. The zero-order valence-corrected chi connectivity index (χ0v) is 12.8. The Balaban J connectivity index is 1.62. The average Bonchev–Trinajstić information content (AvgIpc) is 2.81. The summed E-state index contributed by atoms with van der Waals surface area (Å²) in [6, 6.07) is 12.3. The standard InChI is InChI=1S/C19H22N2O/c22-19(21-16-8-3-1-2-4-9-16)14-13-17-12-11-15-7-5-6-10-18(15)20-17/h5-7,10-14,16H,1-4,8-9H2,(H,21,22). The number of amides is 1. The van der Waals surface area contributed by atoms with Gasteiger partial charge in [-0.15, -0.1) is 0 Å². The molecule has 0 unspecified atom stereocenters. The minimum absolute atomic E-state index is 0.0122. The molecule has 1 amide bonds. The monoisotopic (exact) mass is 294 g/mol. The van der Waals surface area contributed by atoms with Crippen molar-refractivity contribution in [3.05, 3.63) is 48.2 Å². The molecule has 1 aliphatic rings. The molecule has 0 bridgehead atoms.